The van der Waals surface area contributed by atoms with Gasteiger partial charge in [0.25, 0.3) is 5.91 Å². The van der Waals surface area contributed by atoms with E-state index in [1.165, 1.54) is 0 Å². The third kappa shape index (κ3) is 3.40. The number of halogens is 1. The summed E-state index contributed by atoms with van der Waals surface area (Å²) in [5.41, 5.74) is 5.99. The van der Waals surface area contributed by atoms with Gasteiger partial charge < -0.3 is 21.3 Å². The van der Waals surface area contributed by atoms with Crippen molar-refractivity contribution in [3.05, 3.63) is 28.8 Å². The van der Waals surface area contributed by atoms with Crippen LogP contribution in [0.15, 0.2) is 18.2 Å². The Balaban J connectivity index is 2.02. The summed E-state index contributed by atoms with van der Waals surface area (Å²) in [5, 5.41) is 6.39. The molecule has 20 heavy (non-hydrogen) atoms. The number of rotatable bonds is 4. The first-order chi connectivity index (χ1) is 9.59. The zero-order chi connectivity index (χ0) is 14.5. The lowest BCUT2D eigenvalue weighted by Crippen LogP contribution is -2.48. The Morgan fingerprint density at radius 3 is 2.70 bits per heavy atom. The normalized spacial score (nSPS) is 14.9. The number of anilines is 1. The van der Waals surface area contributed by atoms with Gasteiger partial charge in [0.2, 0.25) is 5.91 Å². The Morgan fingerprint density at radius 2 is 2.05 bits per heavy atom. The highest BCUT2D eigenvalue weighted by molar-refractivity contribution is 6.34. The molecule has 1 saturated heterocycles. The van der Waals surface area contributed by atoms with E-state index in [0.717, 1.165) is 13.1 Å². The second kappa shape index (κ2) is 6.58. The fraction of sp³-hybridized carbons (Fsp3) is 0.385. The minimum Gasteiger partial charge on any atom is -0.375 e. The van der Waals surface area contributed by atoms with E-state index >= 15 is 0 Å². The number of nitrogens with two attached hydrogens (primary N) is 1. The third-order valence-electron chi connectivity index (χ3n) is 3.16. The summed E-state index contributed by atoms with van der Waals surface area (Å²) in [7, 11) is 0. The van der Waals surface area contributed by atoms with E-state index in [4.69, 9.17) is 17.3 Å². The molecule has 1 heterocycles. The van der Waals surface area contributed by atoms with Crippen LogP contribution in [0.25, 0.3) is 0 Å². The topological polar surface area (TPSA) is 87.5 Å². The van der Waals surface area contributed by atoms with E-state index in [2.05, 4.69) is 10.6 Å². The van der Waals surface area contributed by atoms with E-state index in [1.807, 2.05) is 0 Å². The van der Waals surface area contributed by atoms with Crippen LogP contribution in [0.1, 0.15) is 10.4 Å². The maximum atomic E-state index is 12.0. The van der Waals surface area contributed by atoms with Crippen molar-refractivity contribution in [3.8, 4) is 0 Å². The van der Waals surface area contributed by atoms with Crippen molar-refractivity contribution < 1.29 is 9.59 Å². The highest BCUT2D eigenvalue weighted by Crippen LogP contribution is 2.23. The van der Waals surface area contributed by atoms with Crippen molar-refractivity contribution in [3.63, 3.8) is 0 Å². The molecule has 4 N–H and O–H groups in total. The Kier molecular flexibility index (Phi) is 4.81. The molecule has 0 spiro atoms. The van der Waals surface area contributed by atoms with Crippen molar-refractivity contribution in [2.45, 2.75) is 0 Å². The summed E-state index contributed by atoms with van der Waals surface area (Å²) in [5.74, 6) is -0.630. The number of piperazine rings is 1. The first-order valence-corrected chi connectivity index (χ1v) is 6.78. The van der Waals surface area contributed by atoms with Crippen molar-refractivity contribution in [2.24, 2.45) is 5.73 Å². The molecule has 0 aromatic heterocycles. The SMILES string of the molecule is NC(=O)c1c(Cl)cccc1NCC(=O)N1CCNCC1. The number of hydrogen-bond donors (Lipinski definition) is 3. The van der Waals surface area contributed by atoms with E-state index in [9.17, 15) is 9.59 Å². The van der Waals surface area contributed by atoms with Gasteiger partial charge >= 0.3 is 0 Å². The molecule has 1 aromatic rings. The zero-order valence-electron chi connectivity index (χ0n) is 11.0. The van der Waals surface area contributed by atoms with Crippen LogP contribution in [0.3, 0.4) is 0 Å². The van der Waals surface area contributed by atoms with Crippen molar-refractivity contribution in [2.75, 3.05) is 38.0 Å². The highest BCUT2D eigenvalue weighted by Gasteiger charge is 2.17. The average Bonchev–Trinajstić information content (AvgIpc) is 2.45. The summed E-state index contributed by atoms with van der Waals surface area (Å²) in [6.45, 7) is 3.10. The second-order valence-electron chi connectivity index (χ2n) is 4.51. The zero-order valence-corrected chi connectivity index (χ0v) is 11.7. The lowest BCUT2D eigenvalue weighted by molar-refractivity contribution is -0.129. The molecule has 1 aliphatic heterocycles. The van der Waals surface area contributed by atoms with Gasteiger partial charge in [-0.1, -0.05) is 17.7 Å². The fourth-order valence-electron chi connectivity index (χ4n) is 2.12. The Labute approximate surface area is 122 Å². The largest absolute Gasteiger partial charge is 0.375 e. The maximum absolute atomic E-state index is 12.0. The molecule has 0 atom stereocenters. The van der Waals surface area contributed by atoms with E-state index in [0.29, 0.717) is 18.8 Å². The first kappa shape index (κ1) is 14.6. The molecule has 0 saturated carbocycles. The third-order valence-corrected chi connectivity index (χ3v) is 3.47. The maximum Gasteiger partial charge on any atom is 0.252 e. The minimum atomic E-state index is -0.618. The molecule has 0 unspecified atom stereocenters. The predicted molar refractivity (Wildman–Crippen MR) is 77.9 cm³/mol. The molecule has 6 nitrogen and oxygen atoms in total. The Morgan fingerprint density at radius 1 is 1.35 bits per heavy atom. The number of carbonyl (C=O) groups excluding carboxylic acids is 2. The average molecular weight is 297 g/mol. The molecule has 0 bridgehead atoms. The van der Waals surface area contributed by atoms with Gasteiger partial charge in [-0.15, -0.1) is 0 Å². The summed E-state index contributed by atoms with van der Waals surface area (Å²) in [6.07, 6.45) is 0. The van der Waals surface area contributed by atoms with Crippen LogP contribution in [0.4, 0.5) is 5.69 Å². The molecule has 2 rings (SSSR count). The first-order valence-electron chi connectivity index (χ1n) is 6.40. The lowest BCUT2D eigenvalue weighted by Gasteiger charge is -2.27. The van der Waals surface area contributed by atoms with E-state index < -0.39 is 5.91 Å². The lowest BCUT2D eigenvalue weighted by atomic mass is 10.1. The molecule has 1 aliphatic rings. The number of primary amides is 1. The van der Waals surface area contributed by atoms with Crippen molar-refractivity contribution in [1.82, 2.24) is 10.2 Å². The number of carbonyl (C=O) groups is 2. The molecule has 0 radical (unpaired) electrons. The van der Waals surface area contributed by atoms with E-state index in [1.54, 1.807) is 23.1 Å². The molecule has 2 amide bonds. The van der Waals surface area contributed by atoms with Gasteiger partial charge in [0.1, 0.15) is 0 Å². The molecular formula is C13H17ClN4O2. The summed E-state index contributed by atoms with van der Waals surface area (Å²) >= 11 is 5.94. The molecule has 7 heteroatoms. The quantitative estimate of drug-likeness (QED) is 0.745. The van der Waals surface area contributed by atoms with Gasteiger partial charge in [0.05, 0.1) is 17.1 Å². The van der Waals surface area contributed by atoms with Crippen LogP contribution in [0, 0.1) is 0 Å². The number of nitrogens with one attached hydrogen (secondary N) is 2. The predicted octanol–water partition coefficient (Wildman–Crippen LogP) is 0.283. The smallest absolute Gasteiger partial charge is 0.252 e. The molecule has 108 valence electrons. The summed E-state index contributed by atoms with van der Waals surface area (Å²) in [6, 6.07) is 4.97. The van der Waals surface area contributed by atoms with Gasteiger partial charge in [-0.2, -0.15) is 0 Å². The molecular weight excluding hydrogens is 280 g/mol. The second-order valence-corrected chi connectivity index (χ2v) is 4.92. The fourth-order valence-corrected chi connectivity index (χ4v) is 2.39. The number of benzene rings is 1. The van der Waals surface area contributed by atoms with Gasteiger partial charge in [-0.25, -0.2) is 0 Å². The van der Waals surface area contributed by atoms with E-state index in [-0.39, 0.29) is 23.0 Å². The van der Waals surface area contributed by atoms with Gasteiger partial charge in [0.15, 0.2) is 0 Å². The van der Waals surface area contributed by atoms with Gasteiger partial charge in [-0.3, -0.25) is 9.59 Å². The van der Waals surface area contributed by atoms with Crippen LogP contribution in [-0.2, 0) is 4.79 Å². The van der Waals surface area contributed by atoms with Crippen molar-refractivity contribution >= 4 is 29.1 Å². The van der Waals surface area contributed by atoms with Crippen LogP contribution in [0.2, 0.25) is 5.02 Å². The monoisotopic (exact) mass is 296 g/mol. The summed E-state index contributed by atoms with van der Waals surface area (Å²) in [4.78, 5) is 25.2. The van der Waals surface area contributed by atoms with Crippen molar-refractivity contribution in [1.29, 1.82) is 0 Å². The van der Waals surface area contributed by atoms with Gasteiger partial charge in [-0.05, 0) is 12.1 Å². The molecule has 1 fully saturated rings. The van der Waals surface area contributed by atoms with Crippen LogP contribution < -0.4 is 16.4 Å². The Bertz CT molecular complexity index is 515. The highest BCUT2D eigenvalue weighted by atomic mass is 35.5. The number of hydrogen-bond acceptors (Lipinski definition) is 4. The van der Waals surface area contributed by atoms with Crippen LogP contribution >= 0.6 is 11.6 Å². The standard InChI is InChI=1S/C13H17ClN4O2/c14-9-2-1-3-10(12(9)13(15)20)17-8-11(19)18-6-4-16-5-7-18/h1-3,16-17H,4-8H2,(H2,15,20). The number of amides is 2. The van der Waals surface area contributed by atoms with Crippen LogP contribution in [0.5, 0.6) is 0 Å². The molecule has 1 aromatic carbocycles. The molecule has 0 aliphatic carbocycles. The van der Waals surface area contributed by atoms with Crippen LogP contribution in [-0.4, -0.2) is 49.4 Å². The number of nitrogens with zero attached hydrogens (tertiary/aromatic N) is 1. The Hall–Kier alpha value is -1.79. The summed E-state index contributed by atoms with van der Waals surface area (Å²) < 4.78 is 0. The van der Waals surface area contributed by atoms with Gasteiger partial charge in [0, 0.05) is 31.9 Å². The minimum absolute atomic E-state index is 0.0121.